The molecule has 0 spiro atoms. The number of carbonyl (C=O) groups excluding carboxylic acids is 1. The lowest BCUT2D eigenvalue weighted by atomic mass is 9.99. The molecule has 13 heavy (non-hydrogen) atoms. The van der Waals surface area contributed by atoms with Crippen molar-refractivity contribution in [1.29, 1.82) is 0 Å². The molecule has 2 bridgehead atoms. The van der Waals surface area contributed by atoms with Crippen LogP contribution in [0, 0.1) is 11.8 Å². The number of hydrogen-bond donors (Lipinski definition) is 2. The number of esters is 1. The van der Waals surface area contributed by atoms with Crippen molar-refractivity contribution in [2.24, 2.45) is 11.8 Å². The molecule has 1 saturated heterocycles. The van der Waals surface area contributed by atoms with Crippen LogP contribution in [0.5, 0.6) is 0 Å². The first-order valence-electron chi connectivity index (χ1n) is 4.82. The minimum atomic E-state index is -0.367. The zero-order valence-corrected chi connectivity index (χ0v) is 7.69. The van der Waals surface area contributed by atoms with E-state index in [-0.39, 0.29) is 30.0 Å². The molecule has 1 saturated carbocycles. The molecule has 4 heteroatoms. The van der Waals surface area contributed by atoms with Crippen LogP contribution in [0.2, 0.25) is 0 Å². The molecule has 1 aliphatic carbocycles. The fourth-order valence-corrected chi connectivity index (χ4v) is 2.47. The van der Waals surface area contributed by atoms with Crippen molar-refractivity contribution in [3.05, 3.63) is 0 Å². The van der Waals surface area contributed by atoms with Crippen molar-refractivity contribution in [2.45, 2.75) is 25.5 Å². The van der Waals surface area contributed by atoms with Gasteiger partial charge in [-0.25, -0.2) is 0 Å². The lowest BCUT2D eigenvalue weighted by Crippen LogP contribution is -2.39. The molecule has 4 nitrogen and oxygen atoms in total. The number of ether oxygens (including phenoxy) is 1. The van der Waals surface area contributed by atoms with Crippen molar-refractivity contribution >= 4 is 5.97 Å². The summed E-state index contributed by atoms with van der Waals surface area (Å²) in [5.41, 5.74) is 0. The van der Waals surface area contributed by atoms with Gasteiger partial charge in [-0.15, -0.1) is 0 Å². The van der Waals surface area contributed by atoms with Crippen molar-refractivity contribution in [2.75, 3.05) is 13.2 Å². The van der Waals surface area contributed by atoms with Gasteiger partial charge in [-0.3, -0.25) is 4.79 Å². The molecule has 74 valence electrons. The monoisotopic (exact) mass is 185 g/mol. The van der Waals surface area contributed by atoms with Gasteiger partial charge in [0.2, 0.25) is 0 Å². The molecule has 0 amide bonds. The van der Waals surface area contributed by atoms with Gasteiger partial charge in [0.15, 0.2) is 0 Å². The number of carbonyl (C=O) groups is 1. The molecule has 0 aromatic heterocycles. The normalized spacial score (nSPS) is 42.3. The zero-order chi connectivity index (χ0) is 9.42. The van der Waals surface area contributed by atoms with Crippen molar-refractivity contribution < 1.29 is 14.6 Å². The predicted molar refractivity (Wildman–Crippen MR) is 46.0 cm³/mol. The SMILES string of the molecule is CCOC(=O)[C@@H]1[C@H]2CN[C@@H]1[C@@H](O)C2. The lowest BCUT2D eigenvalue weighted by Gasteiger charge is -2.17. The van der Waals surface area contributed by atoms with Crippen molar-refractivity contribution in [3.63, 3.8) is 0 Å². The Balaban J connectivity index is 2.04. The van der Waals surface area contributed by atoms with Gasteiger partial charge in [-0.05, 0) is 25.8 Å². The molecule has 0 aromatic carbocycles. The molecular formula is C9H15NO3. The standard InChI is InChI=1S/C9H15NO3/c1-2-13-9(12)7-5-3-6(11)8(7)10-4-5/h5-8,10-11H,2-4H2,1H3/t5-,6+,7-,8-/m1/s1. The quantitative estimate of drug-likeness (QED) is 0.570. The first-order valence-corrected chi connectivity index (χ1v) is 4.82. The van der Waals surface area contributed by atoms with E-state index in [9.17, 15) is 9.90 Å². The maximum absolute atomic E-state index is 11.5. The molecule has 0 aromatic rings. The average Bonchev–Trinajstić information content (AvgIpc) is 2.60. The molecule has 1 heterocycles. The van der Waals surface area contributed by atoms with E-state index in [0.29, 0.717) is 6.61 Å². The van der Waals surface area contributed by atoms with Gasteiger partial charge in [0.25, 0.3) is 0 Å². The molecule has 2 N–H and O–H groups in total. The number of nitrogens with one attached hydrogen (secondary N) is 1. The van der Waals surface area contributed by atoms with Crippen LogP contribution in [0.1, 0.15) is 13.3 Å². The van der Waals surface area contributed by atoms with E-state index in [1.54, 1.807) is 6.92 Å². The van der Waals surface area contributed by atoms with Crippen LogP contribution in [0.4, 0.5) is 0 Å². The third kappa shape index (κ3) is 1.34. The second-order valence-corrected chi connectivity index (χ2v) is 3.77. The molecule has 2 fully saturated rings. The van der Waals surface area contributed by atoms with Gasteiger partial charge < -0.3 is 15.2 Å². The van der Waals surface area contributed by atoms with Crippen LogP contribution in [0.15, 0.2) is 0 Å². The Bertz CT molecular complexity index is 219. The highest BCUT2D eigenvalue weighted by Crippen LogP contribution is 2.37. The minimum Gasteiger partial charge on any atom is -0.466 e. The first kappa shape index (κ1) is 8.97. The van der Waals surface area contributed by atoms with Crippen LogP contribution in [-0.4, -0.2) is 36.4 Å². The summed E-state index contributed by atoms with van der Waals surface area (Å²) in [6, 6.07) is -0.0657. The van der Waals surface area contributed by atoms with Crippen LogP contribution in [0.25, 0.3) is 0 Å². The van der Waals surface area contributed by atoms with Crippen LogP contribution in [-0.2, 0) is 9.53 Å². The molecule has 2 aliphatic rings. The summed E-state index contributed by atoms with van der Waals surface area (Å²) in [4.78, 5) is 11.5. The summed E-state index contributed by atoms with van der Waals surface area (Å²) in [5, 5.41) is 12.7. The highest BCUT2D eigenvalue weighted by molar-refractivity contribution is 5.75. The van der Waals surface area contributed by atoms with E-state index in [0.717, 1.165) is 13.0 Å². The van der Waals surface area contributed by atoms with E-state index in [4.69, 9.17) is 4.74 Å². The fourth-order valence-electron chi connectivity index (χ4n) is 2.47. The molecule has 1 aliphatic heterocycles. The Morgan fingerprint density at radius 2 is 2.46 bits per heavy atom. The smallest absolute Gasteiger partial charge is 0.310 e. The number of fused-ring (bicyclic) bond motifs is 2. The molecule has 0 unspecified atom stereocenters. The summed E-state index contributed by atoms with van der Waals surface area (Å²) in [6.07, 6.45) is 0.370. The summed E-state index contributed by atoms with van der Waals surface area (Å²) in [5.74, 6) is 0.00745. The fraction of sp³-hybridized carbons (Fsp3) is 0.889. The van der Waals surface area contributed by atoms with E-state index < -0.39 is 0 Å². The van der Waals surface area contributed by atoms with Gasteiger partial charge >= 0.3 is 5.97 Å². The Morgan fingerprint density at radius 3 is 2.92 bits per heavy atom. The summed E-state index contributed by atoms with van der Waals surface area (Å²) in [7, 11) is 0. The first-order chi connectivity index (χ1) is 6.24. The Hall–Kier alpha value is -0.610. The third-order valence-corrected chi connectivity index (χ3v) is 3.03. The van der Waals surface area contributed by atoms with Gasteiger partial charge in [0.1, 0.15) is 0 Å². The summed E-state index contributed by atoms with van der Waals surface area (Å²) >= 11 is 0. The lowest BCUT2D eigenvalue weighted by molar-refractivity contribution is -0.149. The average molecular weight is 185 g/mol. The van der Waals surface area contributed by atoms with Crippen LogP contribution >= 0.6 is 0 Å². The van der Waals surface area contributed by atoms with Gasteiger partial charge in [0.05, 0.1) is 18.6 Å². The Morgan fingerprint density at radius 1 is 1.69 bits per heavy atom. The number of aliphatic hydroxyl groups excluding tert-OH is 1. The highest BCUT2D eigenvalue weighted by Gasteiger charge is 2.51. The Labute approximate surface area is 77.3 Å². The number of hydrogen-bond acceptors (Lipinski definition) is 4. The van der Waals surface area contributed by atoms with Crippen LogP contribution in [0.3, 0.4) is 0 Å². The highest BCUT2D eigenvalue weighted by atomic mass is 16.5. The van der Waals surface area contributed by atoms with E-state index in [1.807, 2.05) is 0 Å². The van der Waals surface area contributed by atoms with Crippen molar-refractivity contribution in [1.82, 2.24) is 5.32 Å². The topological polar surface area (TPSA) is 58.6 Å². The predicted octanol–water partition coefficient (Wildman–Crippen LogP) is -0.482. The largest absolute Gasteiger partial charge is 0.466 e. The third-order valence-electron chi connectivity index (χ3n) is 3.03. The summed E-state index contributed by atoms with van der Waals surface area (Å²) < 4.78 is 4.96. The van der Waals surface area contributed by atoms with Gasteiger partial charge in [-0.1, -0.05) is 0 Å². The maximum Gasteiger partial charge on any atom is 0.310 e. The van der Waals surface area contributed by atoms with E-state index >= 15 is 0 Å². The molecular weight excluding hydrogens is 170 g/mol. The summed E-state index contributed by atoms with van der Waals surface area (Å²) in [6.45, 7) is 3.06. The van der Waals surface area contributed by atoms with Gasteiger partial charge in [-0.2, -0.15) is 0 Å². The van der Waals surface area contributed by atoms with E-state index in [2.05, 4.69) is 5.32 Å². The van der Waals surface area contributed by atoms with Gasteiger partial charge in [0, 0.05) is 6.04 Å². The number of piperidine rings is 1. The minimum absolute atomic E-state index is 0.0657. The Kier molecular flexibility index (Phi) is 2.26. The number of aliphatic hydroxyl groups is 1. The number of rotatable bonds is 2. The second-order valence-electron chi connectivity index (χ2n) is 3.77. The second kappa shape index (κ2) is 3.27. The maximum atomic E-state index is 11.5. The molecule has 0 radical (unpaired) electrons. The molecule has 2 rings (SSSR count). The van der Waals surface area contributed by atoms with Crippen LogP contribution < -0.4 is 5.32 Å². The van der Waals surface area contributed by atoms with Crippen molar-refractivity contribution in [3.8, 4) is 0 Å². The zero-order valence-electron chi connectivity index (χ0n) is 7.69. The van der Waals surface area contributed by atoms with E-state index in [1.165, 1.54) is 0 Å². The molecule has 4 atom stereocenters.